The van der Waals surface area contributed by atoms with Gasteiger partial charge in [-0.2, -0.15) is 0 Å². The summed E-state index contributed by atoms with van der Waals surface area (Å²) in [7, 11) is 0. The van der Waals surface area contributed by atoms with Crippen molar-refractivity contribution in [2.24, 2.45) is 0 Å². The Bertz CT molecular complexity index is 993. The van der Waals surface area contributed by atoms with Gasteiger partial charge in [0.2, 0.25) is 0 Å². The van der Waals surface area contributed by atoms with Gasteiger partial charge >= 0.3 is 0 Å². The van der Waals surface area contributed by atoms with Gasteiger partial charge in [-0.3, -0.25) is 4.79 Å². The molecule has 0 atom stereocenters. The van der Waals surface area contributed by atoms with Crippen molar-refractivity contribution in [1.82, 2.24) is 9.97 Å². The van der Waals surface area contributed by atoms with Crippen LogP contribution in [0.4, 0.5) is 22.9 Å². The van der Waals surface area contributed by atoms with Crippen LogP contribution in [0.25, 0.3) is 0 Å². The smallest absolute Gasteiger partial charge is 0.275 e. The van der Waals surface area contributed by atoms with E-state index in [4.69, 9.17) is 0 Å². The summed E-state index contributed by atoms with van der Waals surface area (Å²) in [6.07, 6.45) is 5.55. The molecule has 2 N–H and O–H groups in total. The molecule has 2 heterocycles. The number of aryl methyl sites for hydroxylation is 1. The number of rotatable bonds is 5. The molecule has 1 amide bonds. The second-order valence-corrected chi connectivity index (χ2v) is 7.35. The number of nitrogens with zero attached hydrogens (tertiary/aromatic N) is 3. The third-order valence-corrected chi connectivity index (χ3v) is 5.35. The second-order valence-electron chi connectivity index (χ2n) is 7.35. The largest absolute Gasteiger partial charge is 0.372 e. The second kappa shape index (κ2) is 8.31. The molecule has 29 heavy (non-hydrogen) atoms. The maximum absolute atomic E-state index is 12.5. The van der Waals surface area contributed by atoms with Crippen LogP contribution in [0.2, 0.25) is 0 Å². The molecule has 0 saturated carbocycles. The molecule has 1 aliphatic rings. The van der Waals surface area contributed by atoms with Crippen molar-refractivity contribution in [2.45, 2.75) is 26.7 Å². The minimum atomic E-state index is -0.273. The normalized spacial score (nSPS) is 13.4. The number of benzene rings is 2. The third-order valence-electron chi connectivity index (χ3n) is 5.35. The van der Waals surface area contributed by atoms with Crippen molar-refractivity contribution in [1.29, 1.82) is 0 Å². The van der Waals surface area contributed by atoms with E-state index in [1.54, 1.807) is 6.20 Å². The van der Waals surface area contributed by atoms with Crippen molar-refractivity contribution in [3.8, 4) is 0 Å². The van der Waals surface area contributed by atoms with Gasteiger partial charge in [0.15, 0.2) is 0 Å². The fraction of sp³-hybridized carbons (Fsp3) is 0.261. The number of aromatic nitrogens is 2. The summed E-state index contributed by atoms with van der Waals surface area (Å²) in [5.74, 6) is 0.329. The number of carbonyl (C=O) groups is 1. The highest BCUT2D eigenvalue weighted by atomic mass is 16.1. The molecule has 1 fully saturated rings. The van der Waals surface area contributed by atoms with E-state index < -0.39 is 0 Å². The number of nitrogens with one attached hydrogen (secondary N) is 2. The number of carbonyl (C=O) groups excluding carboxylic acids is 1. The molecule has 4 rings (SSSR count). The summed E-state index contributed by atoms with van der Waals surface area (Å²) in [5, 5.41) is 6.13. The van der Waals surface area contributed by atoms with Gasteiger partial charge in [0.05, 0.1) is 12.4 Å². The maximum Gasteiger partial charge on any atom is 0.275 e. The number of hydrogen-bond donors (Lipinski definition) is 2. The van der Waals surface area contributed by atoms with E-state index in [0.717, 1.165) is 30.0 Å². The standard InChI is InChI=1S/C23H25N5O/c1-16-6-5-7-20(17(16)2)27-22-15-24-21(14-25-22)23(29)26-18-8-10-19(11-9-18)28-12-3-4-13-28/h5-11,14-15H,3-4,12-13H2,1-2H3,(H,25,27)(H,26,29). The van der Waals surface area contributed by atoms with Gasteiger partial charge in [-0.1, -0.05) is 12.1 Å². The topological polar surface area (TPSA) is 70.2 Å². The summed E-state index contributed by atoms with van der Waals surface area (Å²) in [6.45, 7) is 6.33. The fourth-order valence-corrected chi connectivity index (χ4v) is 3.46. The van der Waals surface area contributed by atoms with Crippen molar-refractivity contribution >= 4 is 28.8 Å². The fourth-order valence-electron chi connectivity index (χ4n) is 3.46. The van der Waals surface area contributed by atoms with E-state index in [9.17, 15) is 4.79 Å². The number of amides is 1. The molecule has 6 nitrogen and oxygen atoms in total. The summed E-state index contributed by atoms with van der Waals surface area (Å²) >= 11 is 0. The molecule has 0 radical (unpaired) electrons. The molecule has 6 heteroatoms. The molecule has 2 aromatic carbocycles. The zero-order valence-electron chi connectivity index (χ0n) is 16.8. The Hall–Kier alpha value is -3.41. The molecule has 0 spiro atoms. The Balaban J connectivity index is 1.39. The summed E-state index contributed by atoms with van der Waals surface area (Å²) < 4.78 is 0. The van der Waals surface area contributed by atoms with E-state index in [-0.39, 0.29) is 11.6 Å². The Morgan fingerprint density at radius 1 is 0.966 bits per heavy atom. The molecular formula is C23H25N5O. The van der Waals surface area contributed by atoms with Gasteiger partial charge in [-0.05, 0) is 68.1 Å². The summed E-state index contributed by atoms with van der Waals surface area (Å²) in [4.78, 5) is 23.4. The van der Waals surface area contributed by atoms with Crippen molar-refractivity contribution in [2.75, 3.05) is 28.6 Å². The Kier molecular flexibility index (Phi) is 5.42. The van der Waals surface area contributed by atoms with E-state index in [0.29, 0.717) is 5.82 Å². The summed E-state index contributed by atoms with van der Waals surface area (Å²) in [5.41, 5.74) is 5.57. The van der Waals surface area contributed by atoms with Crippen LogP contribution in [0.3, 0.4) is 0 Å². The van der Waals surface area contributed by atoms with Crippen molar-refractivity contribution < 1.29 is 4.79 Å². The molecule has 0 aliphatic carbocycles. The van der Waals surface area contributed by atoms with Crippen LogP contribution in [0.15, 0.2) is 54.9 Å². The lowest BCUT2D eigenvalue weighted by atomic mass is 10.1. The first-order chi connectivity index (χ1) is 14.1. The van der Waals surface area contributed by atoms with Gasteiger partial charge in [0.25, 0.3) is 5.91 Å². The van der Waals surface area contributed by atoms with Crippen LogP contribution in [0.1, 0.15) is 34.5 Å². The minimum absolute atomic E-state index is 0.273. The van der Waals surface area contributed by atoms with Gasteiger partial charge < -0.3 is 15.5 Å². The van der Waals surface area contributed by atoms with E-state index in [1.807, 2.05) is 36.4 Å². The van der Waals surface area contributed by atoms with Gasteiger partial charge in [0, 0.05) is 30.2 Å². The Morgan fingerprint density at radius 2 is 1.72 bits per heavy atom. The predicted molar refractivity (Wildman–Crippen MR) is 117 cm³/mol. The lowest BCUT2D eigenvalue weighted by Gasteiger charge is -2.17. The molecule has 1 saturated heterocycles. The monoisotopic (exact) mass is 387 g/mol. The van der Waals surface area contributed by atoms with Crippen LogP contribution in [0, 0.1) is 13.8 Å². The van der Waals surface area contributed by atoms with Crippen LogP contribution < -0.4 is 15.5 Å². The predicted octanol–water partition coefficient (Wildman–Crippen LogP) is 4.69. The molecular weight excluding hydrogens is 362 g/mol. The van der Waals surface area contributed by atoms with Crippen LogP contribution in [0.5, 0.6) is 0 Å². The molecule has 0 bridgehead atoms. The average Bonchev–Trinajstić information content (AvgIpc) is 3.27. The summed E-state index contributed by atoms with van der Waals surface area (Å²) in [6, 6.07) is 14.0. The molecule has 3 aromatic rings. The number of anilines is 4. The zero-order chi connectivity index (χ0) is 20.2. The molecule has 1 aliphatic heterocycles. The average molecular weight is 387 g/mol. The van der Waals surface area contributed by atoms with Crippen molar-refractivity contribution in [3.63, 3.8) is 0 Å². The minimum Gasteiger partial charge on any atom is -0.372 e. The molecule has 0 unspecified atom stereocenters. The highest BCUT2D eigenvalue weighted by molar-refractivity contribution is 6.02. The first kappa shape index (κ1) is 18.9. The first-order valence-electron chi connectivity index (χ1n) is 9.92. The van der Waals surface area contributed by atoms with Gasteiger partial charge in [-0.25, -0.2) is 9.97 Å². The highest BCUT2D eigenvalue weighted by Crippen LogP contribution is 2.23. The quantitative estimate of drug-likeness (QED) is 0.665. The Labute approximate surface area is 171 Å². The van der Waals surface area contributed by atoms with E-state index >= 15 is 0 Å². The highest BCUT2D eigenvalue weighted by Gasteiger charge is 2.13. The van der Waals surface area contributed by atoms with Crippen molar-refractivity contribution in [3.05, 3.63) is 71.7 Å². The van der Waals surface area contributed by atoms with Crippen LogP contribution in [-0.2, 0) is 0 Å². The zero-order valence-corrected chi connectivity index (χ0v) is 16.8. The van der Waals surface area contributed by atoms with Gasteiger partial charge in [-0.15, -0.1) is 0 Å². The lowest BCUT2D eigenvalue weighted by molar-refractivity contribution is 0.102. The Morgan fingerprint density at radius 3 is 2.41 bits per heavy atom. The number of hydrogen-bond acceptors (Lipinski definition) is 5. The van der Waals surface area contributed by atoms with E-state index in [1.165, 1.54) is 30.3 Å². The van der Waals surface area contributed by atoms with Crippen LogP contribution in [-0.4, -0.2) is 29.0 Å². The lowest BCUT2D eigenvalue weighted by Crippen LogP contribution is -2.18. The third kappa shape index (κ3) is 4.37. The van der Waals surface area contributed by atoms with E-state index in [2.05, 4.69) is 45.4 Å². The molecule has 1 aromatic heterocycles. The SMILES string of the molecule is Cc1cccc(Nc2cnc(C(=O)Nc3ccc(N4CCCC4)cc3)cn2)c1C. The van der Waals surface area contributed by atoms with Crippen LogP contribution >= 0.6 is 0 Å². The first-order valence-corrected chi connectivity index (χ1v) is 9.92. The molecule has 148 valence electrons. The van der Waals surface area contributed by atoms with Gasteiger partial charge in [0.1, 0.15) is 11.5 Å². The maximum atomic E-state index is 12.5.